The van der Waals surface area contributed by atoms with Crippen LogP contribution in [0.5, 0.6) is 0 Å². The summed E-state index contributed by atoms with van der Waals surface area (Å²) in [4.78, 5) is 25.3. The van der Waals surface area contributed by atoms with E-state index in [1.54, 1.807) is 6.08 Å². The first-order valence-corrected chi connectivity index (χ1v) is 45.0. The number of carbonyl (C=O) groups is 2. The first kappa shape index (κ1) is 96.4. The van der Waals surface area contributed by atoms with Crippen molar-refractivity contribution in [3.8, 4) is 0 Å². The predicted octanol–water partition coefficient (Wildman–Crippen LogP) is 25.3. The summed E-state index contributed by atoms with van der Waals surface area (Å²) in [6.45, 7) is 4.43. The van der Waals surface area contributed by atoms with Crippen LogP contribution in [0.1, 0.15) is 483 Å². The molecule has 0 saturated carbocycles. The van der Waals surface area contributed by atoms with Gasteiger partial charge in [0.05, 0.1) is 32.0 Å². The molecule has 7 unspecified atom stereocenters. The minimum Gasteiger partial charge on any atom is -0.466 e. The Bertz CT molecular complexity index is 1670. The Morgan fingerprint density at radius 1 is 0.360 bits per heavy atom. The molecular weight excluding hydrogens is 1240 g/mol. The standard InChI is InChI=1S/C89H173NO10/c1-3-5-7-9-11-13-15-17-19-20-42-46-49-53-57-61-65-69-73-77-85(94)98-78-74-70-66-62-58-54-50-47-44-41-39-37-35-33-31-29-27-25-23-21-22-24-26-28-30-32-34-36-38-40-43-45-48-52-56-60-64-68-72-76-84(93)90-81(80-99-89-88(97)87(96)86(95)83(79-91)100-89)82(92)75-71-67-63-59-55-51-18-16-14-12-10-8-6-4-2/h71,75,81-83,86-89,91-92,95-97H,3-70,72-74,76-80H2,1-2H3,(H,90,93)/b75-71+. The Morgan fingerprint density at radius 2 is 0.630 bits per heavy atom. The van der Waals surface area contributed by atoms with Crippen LogP contribution in [0.4, 0.5) is 0 Å². The number of aliphatic hydroxyl groups is 5. The van der Waals surface area contributed by atoms with Crippen molar-refractivity contribution in [1.82, 2.24) is 5.32 Å². The molecule has 1 aliphatic heterocycles. The summed E-state index contributed by atoms with van der Waals surface area (Å²) in [6, 6.07) is -0.805. The molecule has 1 saturated heterocycles. The fraction of sp³-hybridized carbons (Fsp3) is 0.955. The zero-order valence-electron chi connectivity index (χ0n) is 66.7. The van der Waals surface area contributed by atoms with Gasteiger partial charge in [-0.3, -0.25) is 9.59 Å². The molecule has 11 heteroatoms. The highest BCUT2D eigenvalue weighted by atomic mass is 16.7. The van der Waals surface area contributed by atoms with Gasteiger partial charge in [-0.15, -0.1) is 0 Å². The van der Waals surface area contributed by atoms with Crippen molar-refractivity contribution in [2.45, 2.75) is 525 Å². The summed E-state index contributed by atoms with van der Waals surface area (Å²) in [5, 5.41) is 54.7. The zero-order valence-corrected chi connectivity index (χ0v) is 66.7. The monoisotopic (exact) mass is 1420 g/mol. The molecule has 0 aromatic carbocycles. The largest absolute Gasteiger partial charge is 0.466 e. The lowest BCUT2D eigenvalue weighted by molar-refractivity contribution is -0.302. The van der Waals surface area contributed by atoms with Crippen LogP contribution in [-0.4, -0.2) is 100 Å². The van der Waals surface area contributed by atoms with Crippen LogP contribution in [0.3, 0.4) is 0 Å². The highest BCUT2D eigenvalue weighted by Gasteiger charge is 2.44. The van der Waals surface area contributed by atoms with Crippen LogP contribution in [0.15, 0.2) is 12.2 Å². The lowest BCUT2D eigenvalue weighted by Crippen LogP contribution is -2.60. The zero-order chi connectivity index (χ0) is 72.2. The van der Waals surface area contributed by atoms with E-state index in [4.69, 9.17) is 14.2 Å². The molecule has 0 radical (unpaired) electrons. The molecule has 0 aromatic heterocycles. The van der Waals surface area contributed by atoms with E-state index in [2.05, 4.69) is 19.2 Å². The molecule has 0 spiro atoms. The molecule has 1 heterocycles. The van der Waals surface area contributed by atoms with E-state index in [0.717, 1.165) is 51.4 Å². The SMILES string of the molecule is CCCCCCCCCCCCCC/C=C/C(O)C(COC1OC(CO)C(O)C(O)C1O)NC(=O)CCCCCCCCCCCCCCCCCCCCCCCCCCCCCCCCCCCCCCCCCOC(=O)CCCCCCCCCCCCCCCCCCCCC. The lowest BCUT2D eigenvalue weighted by Gasteiger charge is -2.40. The van der Waals surface area contributed by atoms with E-state index in [9.17, 15) is 35.1 Å². The van der Waals surface area contributed by atoms with Crippen molar-refractivity contribution >= 4 is 11.9 Å². The second-order valence-corrected chi connectivity index (χ2v) is 31.7. The number of esters is 1. The first-order valence-electron chi connectivity index (χ1n) is 45.0. The fourth-order valence-corrected chi connectivity index (χ4v) is 14.9. The number of amides is 1. The van der Waals surface area contributed by atoms with Crippen LogP contribution in [0.25, 0.3) is 0 Å². The van der Waals surface area contributed by atoms with E-state index in [0.29, 0.717) is 19.4 Å². The van der Waals surface area contributed by atoms with Gasteiger partial charge < -0.3 is 45.1 Å². The average Bonchev–Trinajstić information content (AvgIpc) is 0.822. The number of allylic oxidation sites excluding steroid dienone is 1. The number of carbonyl (C=O) groups excluding carboxylic acids is 2. The van der Waals surface area contributed by atoms with E-state index >= 15 is 0 Å². The summed E-state index contributed by atoms with van der Waals surface area (Å²) >= 11 is 0. The topological polar surface area (TPSA) is 175 Å². The third-order valence-corrected chi connectivity index (χ3v) is 21.9. The first-order chi connectivity index (χ1) is 49.2. The second-order valence-electron chi connectivity index (χ2n) is 31.7. The van der Waals surface area contributed by atoms with Gasteiger partial charge in [-0.25, -0.2) is 0 Å². The third-order valence-electron chi connectivity index (χ3n) is 21.9. The van der Waals surface area contributed by atoms with Crippen molar-refractivity contribution in [2.75, 3.05) is 19.8 Å². The molecule has 0 aliphatic carbocycles. The van der Waals surface area contributed by atoms with Crippen molar-refractivity contribution in [2.24, 2.45) is 0 Å². The predicted molar refractivity (Wildman–Crippen MR) is 426 cm³/mol. The molecule has 0 bridgehead atoms. The highest BCUT2D eigenvalue weighted by molar-refractivity contribution is 5.76. The van der Waals surface area contributed by atoms with Gasteiger partial charge in [0.25, 0.3) is 0 Å². The van der Waals surface area contributed by atoms with Gasteiger partial charge >= 0.3 is 5.97 Å². The third kappa shape index (κ3) is 65.9. The van der Waals surface area contributed by atoms with Crippen LogP contribution in [0.2, 0.25) is 0 Å². The summed E-state index contributed by atoms with van der Waals surface area (Å²) in [5.74, 6) is -0.147. The molecular formula is C89H173NO10. The maximum absolute atomic E-state index is 13.1. The summed E-state index contributed by atoms with van der Waals surface area (Å²) < 4.78 is 16.8. The van der Waals surface area contributed by atoms with Crippen LogP contribution in [0, 0.1) is 0 Å². The van der Waals surface area contributed by atoms with E-state index < -0.39 is 49.5 Å². The molecule has 7 atom stereocenters. The molecule has 1 rings (SSSR count). The van der Waals surface area contributed by atoms with Gasteiger partial charge in [-0.2, -0.15) is 0 Å². The van der Waals surface area contributed by atoms with Crippen molar-refractivity contribution in [1.29, 1.82) is 0 Å². The van der Waals surface area contributed by atoms with Crippen LogP contribution < -0.4 is 5.32 Å². The molecule has 1 amide bonds. The van der Waals surface area contributed by atoms with Crippen molar-refractivity contribution < 1.29 is 49.3 Å². The molecule has 594 valence electrons. The Hall–Kier alpha value is -1.60. The fourth-order valence-electron chi connectivity index (χ4n) is 14.9. The second kappa shape index (κ2) is 78.5. The van der Waals surface area contributed by atoms with Gasteiger partial charge in [0, 0.05) is 12.8 Å². The van der Waals surface area contributed by atoms with E-state index in [1.807, 2.05) is 6.08 Å². The molecule has 1 fully saturated rings. The number of nitrogens with one attached hydrogen (secondary N) is 1. The van der Waals surface area contributed by atoms with Gasteiger partial charge in [0.15, 0.2) is 6.29 Å². The number of hydrogen-bond acceptors (Lipinski definition) is 10. The van der Waals surface area contributed by atoms with Crippen LogP contribution in [-0.2, 0) is 23.8 Å². The lowest BCUT2D eigenvalue weighted by atomic mass is 9.99. The van der Waals surface area contributed by atoms with Crippen molar-refractivity contribution in [3.05, 3.63) is 12.2 Å². The quantitative estimate of drug-likeness (QED) is 0.0195. The molecule has 100 heavy (non-hydrogen) atoms. The smallest absolute Gasteiger partial charge is 0.305 e. The summed E-state index contributed by atoms with van der Waals surface area (Å²) in [7, 11) is 0. The van der Waals surface area contributed by atoms with Crippen LogP contribution >= 0.6 is 0 Å². The number of unbranched alkanes of at least 4 members (excludes halogenated alkanes) is 68. The van der Waals surface area contributed by atoms with Gasteiger partial charge in [-0.05, 0) is 32.1 Å². The minimum atomic E-state index is -1.57. The van der Waals surface area contributed by atoms with Gasteiger partial charge in [-0.1, -0.05) is 450 Å². The van der Waals surface area contributed by atoms with E-state index in [1.165, 1.54) is 405 Å². The number of hydrogen-bond donors (Lipinski definition) is 6. The Balaban J connectivity index is 1.84. The summed E-state index contributed by atoms with van der Waals surface area (Å²) in [6.07, 6.45) is 91.4. The molecule has 0 aromatic rings. The minimum absolute atomic E-state index is 0.0247. The Kier molecular flexibility index (Phi) is 75.7. The maximum Gasteiger partial charge on any atom is 0.305 e. The number of ether oxygens (including phenoxy) is 3. The maximum atomic E-state index is 13.1. The molecule has 6 N–H and O–H groups in total. The van der Waals surface area contributed by atoms with Gasteiger partial charge in [0.1, 0.15) is 24.4 Å². The Morgan fingerprint density at radius 3 is 0.930 bits per heavy atom. The average molecular weight is 1420 g/mol. The highest BCUT2D eigenvalue weighted by Crippen LogP contribution is 2.25. The summed E-state index contributed by atoms with van der Waals surface area (Å²) in [5.41, 5.74) is 0. The van der Waals surface area contributed by atoms with Gasteiger partial charge in [0.2, 0.25) is 5.91 Å². The van der Waals surface area contributed by atoms with E-state index in [-0.39, 0.29) is 18.5 Å². The molecule has 11 nitrogen and oxygen atoms in total. The normalized spacial score (nSPS) is 17.1. The molecule has 1 aliphatic rings. The number of rotatable bonds is 82. The Labute approximate surface area is 620 Å². The van der Waals surface area contributed by atoms with Crippen molar-refractivity contribution in [3.63, 3.8) is 0 Å². The number of aliphatic hydroxyl groups excluding tert-OH is 5.